The van der Waals surface area contributed by atoms with E-state index in [1.165, 1.54) is 16.7 Å². The van der Waals surface area contributed by atoms with Crippen LogP contribution in [0, 0.1) is 0 Å². The van der Waals surface area contributed by atoms with Gasteiger partial charge in [-0.3, -0.25) is 0 Å². The van der Waals surface area contributed by atoms with Gasteiger partial charge in [0.25, 0.3) is 0 Å². The molecule has 10 nitrogen and oxygen atoms in total. The SMILES string of the molecule is CC(C)(C)OC(=O)N1CC(O)(CCO)C1.CC(O)C1(O)CN(C(=O)OC(C)(C)C)C1. The number of hydrogen-bond acceptors (Lipinski definition) is 8. The number of amides is 2. The second kappa shape index (κ2) is 9.25. The van der Waals surface area contributed by atoms with Gasteiger partial charge >= 0.3 is 12.2 Å². The molecule has 0 bridgehead atoms. The lowest BCUT2D eigenvalue weighted by Crippen LogP contribution is -2.68. The molecule has 2 amide bonds. The number of likely N-dealkylation sites (tertiary alicyclic amines) is 2. The van der Waals surface area contributed by atoms with Gasteiger partial charge in [0.1, 0.15) is 22.4 Å². The van der Waals surface area contributed by atoms with E-state index in [1.807, 2.05) is 0 Å². The minimum absolute atomic E-state index is 0.0708. The fourth-order valence-electron chi connectivity index (χ4n) is 2.82. The number of carbonyl (C=O) groups excluding carboxylic acids is 2. The number of aliphatic hydroxyl groups excluding tert-OH is 2. The Balaban J connectivity index is 0.000000300. The second-order valence-corrected chi connectivity index (χ2v) is 10.2. The maximum absolute atomic E-state index is 11.5. The molecule has 2 heterocycles. The smallest absolute Gasteiger partial charge is 0.410 e. The highest BCUT2D eigenvalue weighted by Gasteiger charge is 2.48. The fraction of sp³-hybridized carbons (Fsp3) is 0.900. The molecule has 0 aromatic heterocycles. The summed E-state index contributed by atoms with van der Waals surface area (Å²) in [6, 6.07) is 0. The lowest BCUT2D eigenvalue weighted by Gasteiger charge is -2.47. The van der Waals surface area contributed by atoms with Crippen LogP contribution in [0.4, 0.5) is 9.59 Å². The van der Waals surface area contributed by atoms with E-state index in [2.05, 4.69) is 0 Å². The zero-order valence-corrected chi connectivity index (χ0v) is 19.1. The number of ether oxygens (including phenoxy) is 2. The van der Waals surface area contributed by atoms with Crippen molar-refractivity contribution in [3.63, 3.8) is 0 Å². The van der Waals surface area contributed by atoms with Crippen LogP contribution in [0.3, 0.4) is 0 Å². The molecule has 10 heteroatoms. The van der Waals surface area contributed by atoms with Crippen LogP contribution in [0.5, 0.6) is 0 Å². The standard InChI is InChI=1S/2C10H19NO4/c1-7(12)10(14)5-11(6-10)8(13)15-9(2,3)4;1-9(2,3)15-8(13)11-6-10(14,7-11)4-5-12/h7,12,14H,5-6H2,1-4H3;12,14H,4-7H2,1-3H3. The highest BCUT2D eigenvalue weighted by atomic mass is 16.6. The number of rotatable bonds is 3. The van der Waals surface area contributed by atoms with Gasteiger partial charge in [-0.2, -0.15) is 0 Å². The molecular weight excluding hydrogens is 396 g/mol. The van der Waals surface area contributed by atoms with Gasteiger partial charge in [-0.15, -0.1) is 0 Å². The molecule has 0 radical (unpaired) electrons. The van der Waals surface area contributed by atoms with Crippen molar-refractivity contribution in [2.45, 2.75) is 83.4 Å². The van der Waals surface area contributed by atoms with Crippen LogP contribution in [0.2, 0.25) is 0 Å². The number of hydrogen-bond donors (Lipinski definition) is 4. The quantitative estimate of drug-likeness (QED) is 0.509. The van der Waals surface area contributed by atoms with Crippen LogP contribution in [0.25, 0.3) is 0 Å². The third-order valence-corrected chi connectivity index (χ3v) is 4.56. The van der Waals surface area contributed by atoms with E-state index in [1.54, 1.807) is 41.5 Å². The lowest BCUT2D eigenvalue weighted by molar-refractivity contribution is -0.153. The molecule has 176 valence electrons. The summed E-state index contributed by atoms with van der Waals surface area (Å²) >= 11 is 0. The average molecular weight is 435 g/mol. The van der Waals surface area contributed by atoms with Gasteiger partial charge in [0, 0.05) is 13.0 Å². The molecule has 1 atom stereocenters. The highest BCUT2D eigenvalue weighted by Crippen LogP contribution is 2.27. The summed E-state index contributed by atoms with van der Waals surface area (Å²) in [5, 5.41) is 37.3. The predicted octanol–water partition coefficient (Wildman–Crippen LogP) is 0.700. The molecule has 0 aliphatic carbocycles. The largest absolute Gasteiger partial charge is 0.444 e. The third kappa shape index (κ3) is 7.90. The Morgan fingerprint density at radius 1 is 0.900 bits per heavy atom. The van der Waals surface area contributed by atoms with E-state index >= 15 is 0 Å². The molecular formula is C20H38N2O8. The van der Waals surface area contributed by atoms with Crippen LogP contribution in [0.15, 0.2) is 0 Å². The van der Waals surface area contributed by atoms with Crippen LogP contribution in [0.1, 0.15) is 54.9 Å². The Morgan fingerprint density at radius 2 is 1.27 bits per heavy atom. The fourth-order valence-corrected chi connectivity index (χ4v) is 2.82. The summed E-state index contributed by atoms with van der Waals surface area (Å²) in [7, 11) is 0. The summed E-state index contributed by atoms with van der Waals surface area (Å²) in [6.07, 6.45) is -1.40. The zero-order valence-electron chi connectivity index (χ0n) is 19.1. The average Bonchev–Trinajstić information content (AvgIpc) is 2.46. The first-order chi connectivity index (χ1) is 13.4. The van der Waals surface area contributed by atoms with Crippen molar-refractivity contribution in [1.29, 1.82) is 0 Å². The van der Waals surface area contributed by atoms with E-state index in [0.29, 0.717) is 6.42 Å². The number of β-amino-alcohol motifs (C(OH)–C–C–N with tert-alkyl or cyclic N) is 2. The van der Waals surface area contributed by atoms with E-state index < -0.39 is 40.7 Å². The number of aliphatic hydroxyl groups is 4. The third-order valence-electron chi connectivity index (χ3n) is 4.56. The molecule has 0 saturated carbocycles. The molecule has 0 spiro atoms. The van der Waals surface area contributed by atoms with E-state index in [4.69, 9.17) is 14.6 Å². The first-order valence-electron chi connectivity index (χ1n) is 10.1. The molecule has 1 unspecified atom stereocenters. The van der Waals surface area contributed by atoms with Gasteiger partial charge in [-0.25, -0.2) is 9.59 Å². The molecule has 2 aliphatic rings. The van der Waals surface area contributed by atoms with Gasteiger partial charge < -0.3 is 39.7 Å². The molecule has 2 fully saturated rings. The Hall–Kier alpha value is -1.62. The predicted molar refractivity (Wildman–Crippen MR) is 109 cm³/mol. The maximum Gasteiger partial charge on any atom is 0.410 e. The zero-order chi connectivity index (χ0) is 23.5. The Morgan fingerprint density at radius 3 is 1.57 bits per heavy atom. The van der Waals surface area contributed by atoms with E-state index in [0.717, 1.165) is 0 Å². The van der Waals surface area contributed by atoms with Crippen molar-refractivity contribution in [2.75, 3.05) is 32.8 Å². The van der Waals surface area contributed by atoms with E-state index in [-0.39, 0.29) is 32.8 Å². The highest BCUT2D eigenvalue weighted by molar-refractivity contribution is 5.70. The van der Waals surface area contributed by atoms with E-state index in [9.17, 15) is 24.9 Å². The summed E-state index contributed by atoms with van der Waals surface area (Å²) < 4.78 is 10.2. The molecule has 0 aromatic rings. The van der Waals surface area contributed by atoms with Crippen LogP contribution < -0.4 is 0 Å². The first-order valence-corrected chi connectivity index (χ1v) is 10.1. The van der Waals surface area contributed by atoms with Crippen LogP contribution in [-0.2, 0) is 9.47 Å². The van der Waals surface area contributed by atoms with Crippen molar-refractivity contribution in [3.05, 3.63) is 0 Å². The molecule has 30 heavy (non-hydrogen) atoms. The van der Waals surface area contributed by atoms with Gasteiger partial charge in [0.2, 0.25) is 0 Å². The monoisotopic (exact) mass is 434 g/mol. The molecule has 2 saturated heterocycles. The molecule has 4 N–H and O–H groups in total. The summed E-state index contributed by atoms with van der Waals surface area (Å²) in [6.45, 7) is 12.9. The molecule has 2 aliphatic heterocycles. The Bertz CT molecular complexity index is 597. The van der Waals surface area contributed by atoms with Crippen molar-refractivity contribution in [3.8, 4) is 0 Å². The maximum atomic E-state index is 11.5. The topological polar surface area (TPSA) is 140 Å². The first kappa shape index (κ1) is 26.4. The summed E-state index contributed by atoms with van der Waals surface area (Å²) in [5.41, 5.74) is -3.14. The minimum Gasteiger partial charge on any atom is -0.444 e. The summed E-state index contributed by atoms with van der Waals surface area (Å²) in [4.78, 5) is 25.7. The van der Waals surface area contributed by atoms with Gasteiger partial charge in [-0.1, -0.05) is 0 Å². The minimum atomic E-state index is -1.17. The number of carbonyl (C=O) groups is 2. The van der Waals surface area contributed by atoms with Crippen molar-refractivity contribution in [2.24, 2.45) is 0 Å². The van der Waals surface area contributed by atoms with Crippen LogP contribution in [-0.4, -0.2) is 104 Å². The Kier molecular flexibility index (Phi) is 8.15. The lowest BCUT2D eigenvalue weighted by atomic mass is 9.89. The van der Waals surface area contributed by atoms with Gasteiger partial charge in [0.05, 0.1) is 32.3 Å². The second-order valence-electron chi connectivity index (χ2n) is 10.2. The normalized spacial score (nSPS) is 20.8. The molecule has 2 rings (SSSR count). The van der Waals surface area contributed by atoms with Crippen molar-refractivity contribution < 1.29 is 39.5 Å². The van der Waals surface area contributed by atoms with Gasteiger partial charge in [0.15, 0.2) is 0 Å². The van der Waals surface area contributed by atoms with Gasteiger partial charge in [-0.05, 0) is 48.5 Å². The van der Waals surface area contributed by atoms with Crippen molar-refractivity contribution in [1.82, 2.24) is 9.80 Å². The summed E-state index contributed by atoms with van der Waals surface area (Å²) in [5.74, 6) is 0. The number of nitrogens with zero attached hydrogens (tertiary/aromatic N) is 2. The van der Waals surface area contributed by atoms with Crippen molar-refractivity contribution >= 4 is 12.2 Å². The Labute approximate surface area is 178 Å². The molecule has 0 aromatic carbocycles. The van der Waals surface area contributed by atoms with Crippen LogP contribution >= 0.6 is 0 Å².